The van der Waals surface area contributed by atoms with Crippen LogP contribution < -0.4 is 0 Å². The number of aromatic carboxylic acids is 1. The average Bonchev–Trinajstić information content (AvgIpc) is 2.74. The molecule has 0 aliphatic heterocycles. The molecule has 1 aliphatic rings. The zero-order valence-corrected chi connectivity index (χ0v) is 10.9. The molecular weight excluding hydrogens is 256 g/mol. The van der Waals surface area contributed by atoms with Crippen molar-refractivity contribution in [3.05, 3.63) is 47.4 Å². The summed E-state index contributed by atoms with van der Waals surface area (Å²) in [4.78, 5) is 19.4. The van der Waals surface area contributed by atoms with Crippen LogP contribution in [0.2, 0.25) is 0 Å². The van der Waals surface area contributed by atoms with Crippen LogP contribution in [0.15, 0.2) is 30.6 Å². The zero-order valence-electron chi connectivity index (χ0n) is 10.9. The minimum atomic E-state index is -0.951. The Labute approximate surface area is 115 Å². The summed E-state index contributed by atoms with van der Waals surface area (Å²) in [5, 5.41) is 18.9. The van der Waals surface area contributed by atoms with E-state index < -0.39 is 12.1 Å². The van der Waals surface area contributed by atoms with Crippen LogP contribution in [0.25, 0.3) is 11.3 Å². The standard InChI is InChI=1S/C15H14N2O3/c1-8-6-11(18)14-12(8)13(16-7-17-14)9-2-4-10(5-3-9)15(19)20/h2-5,7-8,11,18H,6H2,1H3,(H,19,20)/t8-,11-/m1/s1. The molecule has 2 atom stereocenters. The van der Waals surface area contributed by atoms with Gasteiger partial charge in [0, 0.05) is 11.1 Å². The van der Waals surface area contributed by atoms with Gasteiger partial charge in [-0.25, -0.2) is 14.8 Å². The van der Waals surface area contributed by atoms with Crippen molar-refractivity contribution in [2.75, 3.05) is 0 Å². The van der Waals surface area contributed by atoms with E-state index in [2.05, 4.69) is 9.97 Å². The van der Waals surface area contributed by atoms with Gasteiger partial charge < -0.3 is 10.2 Å². The maximum absolute atomic E-state index is 10.9. The highest BCUT2D eigenvalue weighted by atomic mass is 16.4. The maximum atomic E-state index is 10.9. The van der Waals surface area contributed by atoms with Crippen LogP contribution in [0, 0.1) is 0 Å². The molecule has 20 heavy (non-hydrogen) atoms. The summed E-state index contributed by atoms with van der Waals surface area (Å²) in [5.41, 5.74) is 3.51. The minimum Gasteiger partial charge on any atom is -0.478 e. The summed E-state index contributed by atoms with van der Waals surface area (Å²) in [7, 11) is 0. The van der Waals surface area contributed by atoms with Crippen LogP contribution in [-0.2, 0) is 0 Å². The molecule has 0 saturated heterocycles. The summed E-state index contributed by atoms with van der Waals surface area (Å²) in [6, 6.07) is 6.59. The lowest BCUT2D eigenvalue weighted by Gasteiger charge is -2.10. The summed E-state index contributed by atoms with van der Waals surface area (Å²) < 4.78 is 0. The van der Waals surface area contributed by atoms with Gasteiger partial charge in [0.25, 0.3) is 0 Å². The number of carboxylic acid groups (broad SMARTS) is 1. The maximum Gasteiger partial charge on any atom is 0.335 e. The van der Waals surface area contributed by atoms with Crippen LogP contribution >= 0.6 is 0 Å². The zero-order chi connectivity index (χ0) is 14.3. The highest BCUT2D eigenvalue weighted by Crippen LogP contribution is 2.42. The molecule has 3 rings (SSSR count). The third kappa shape index (κ3) is 1.96. The highest BCUT2D eigenvalue weighted by molar-refractivity contribution is 5.88. The Morgan fingerprint density at radius 1 is 1.25 bits per heavy atom. The van der Waals surface area contributed by atoms with Crippen molar-refractivity contribution in [3.63, 3.8) is 0 Å². The third-order valence-electron chi connectivity index (χ3n) is 3.71. The molecule has 0 bridgehead atoms. The van der Waals surface area contributed by atoms with E-state index in [1.54, 1.807) is 24.3 Å². The van der Waals surface area contributed by atoms with Gasteiger partial charge in [-0.15, -0.1) is 0 Å². The van der Waals surface area contributed by atoms with E-state index in [-0.39, 0.29) is 11.5 Å². The van der Waals surface area contributed by atoms with Crippen molar-refractivity contribution in [2.45, 2.75) is 25.4 Å². The molecule has 5 heteroatoms. The van der Waals surface area contributed by atoms with Crippen LogP contribution in [0.3, 0.4) is 0 Å². The van der Waals surface area contributed by atoms with Crippen LogP contribution in [0.1, 0.15) is 47.0 Å². The third-order valence-corrected chi connectivity index (χ3v) is 3.71. The summed E-state index contributed by atoms with van der Waals surface area (Å²) in [6.45, 7) is 2.04. The smallest absolute Gasteiger partial charge is 0.335 e. The first-order valence-electron chi connectivity index (χ1n) is 6.44. The van der Waals surface area contributed by atoms with Crippen LogP contribution in [0.5, 0.6) is 0 Å². The van der Waals surface area contributed by atoms with E-state index in [0.717, 1.165) is 16.8 Å². The Balaban J connectivity index is 2.10. The predicted octanol–water partition coefficient (Wildman–Crippen LogP) is 2.38. The SMILES string of the molecule is C[C@@H]1C[C@@H](O)c2ncnc(-c3ccc(C(=O)O)cc3)c21. The first kappa shape index (κ1) is 12.7. The Hall–Kier alpha value is -2.27. The van der Waals surface area contributed by atoms with Gasteiger partial charge in [0.05, 0.1) is 23.1 Å². The first-order chi connectivity index (χ1) is 9.58. The van der Waals surface area contributed by atoms with Gasteiger partial charge in [0.2, 0.25) is 0 Å². The van der Waals surface area contributed by atoms with E-state index >= 15 is 0 Å². The summed E-state index contributed by atoms with van der Waals surface area (Å²) in [6.07, 6.45) is 1.55. The number of carboxylic acids is 1. The number of aliphatic hydroxyl groups is 1. The Morgan fingerprint density at radius 2 is 1.95 bits per heavy atom. The number of rotatable bonds is 2. The van der Waals surface area contributed by atoms with E-state index in [0.29, 0.717) is 12.1 Å². The van der Waals surface area contributed by atoms with Gasteiger partial charge in [-0.05, 0) is 24.5 Å². The number of aromatic nitrogens is 2. The number of hydrogen-bond acceptors (Lipinski definition) is 4. The monoisotopic (exact) mass is 270 g/mol. The second-order valence-corrected chi connectivity index (χ2v) is 5.06. The minimum absolute atomic E-state index is 0.190. The van der Waals surface area contributed by atoms with Gasteiger partial charge in [-0.3, -0.25) is 0 Å². The molecule has 0 saturated carbocycles. The normalized spacial score (nSPS) is 20.7. The van der Waals surface area contributed by atoms with Crippen molar-refractivity contribution >= 4 is 5.97 Å². The molecule has 0 unspecified atom stereocenters. The number of nitrogens with zero attached hydrogens (tertiary/aromatic N) is 2. The summed E-state index contributed by atoms with van der Waals surface area (Å²) in [5.74, 6) is -0.761. The molecule has 1 aromatic carbocycles. The van der Waals surface area contributed by atoms with Crippen molar-refractivity contribution in [3.8, 4) is 11.3 Å². The van der Waals surface area contributed by atoms with Gasteiger partial charge in [0.1, 0.15) is 6.33 Å². The molecule has 1 aromatic heterocycles. The number of fused-ring (bicyclic) bond motifs is 1. The second kappa shape index (κ2) is 4.68. The lowest BCUT2D eigenvalue weighted by atomic mass is 9.98. The lowest BCUT2D eigenvalue weighted by molar-refractivity contribution is 0.0697. The molecule has 5 nitrogen and oxygen atoms in total. The van der Waals surface area contributed by atoms with Crippen molar-refractivity contribution in [1.82, 2.24) is 9.97 Å². The fourth-order valence-corrected chi connectivity index (χ4v) is 2.73. The van der Waals surface area contributed by atoms with Gasteiger partial charge >= 0.3 is 5.97 Å². The molecular formula is C15H14N2O3. The molecule has 1 heterocycles. The largest absolute Gasteiger partial charge is 0.478 e. The Morgan fingerprint density at radius 3 is 2.60 bits per heavy atom. The molecule has 102 valence electrons. The van der Waals surface area contributed by atoms with Crippen LogP contribution in [-0.4, -0.2) is 26.2 Å². The second-order valence-electron chi connectivity index (χ2n) is 5.06. The quantitative estimate of drug-likeness (QED) is 0.875. The number of benzene rings is 1. The fourth-order valence-electron chi connectivity index (χ4n) is 2.73. The topological polar surface area (TPSA) is 83.3 Å². The van der Waals surface area contributed by atoms with Gasteiger partial charge in [-0.1, -0.05) is 19.1 Å². The first-order valence-corrected chi connectivity index (χ1v) is 6.44. The number of carbonyl (C=O) groups is 1. The Bertz CT molecular complexity index is 667. The average molecular weight is 270 g/mol. The van der Waals surface area contributed by atoms with Gasteiger partial charge in [0.15, 0.2) is 0 Å². The van der Waals surface area contributed by atoms with Crippen molar-refractivity contribution < 1.29 is 15.0 Å². The highest BCUT2D eigenvalue weighted by Gasteiger charge is 2.31. The molecule has 0 fully saturated rings. The van der Waals surface area contributed by atoms with E-state index in [1.165, 1.54) is 6.33 Å². The van der Waals surface area contributed by atoms with E-state index in [9.17, 15) is 9.90 Å². The molecule has 1 aliphatic carbocycles. The van der Waals surface area contributed by atoms with E-state index in [4.69, 9.17) is 5.11 Å². The predicted molar refractivity (Wildman–Crippen MR) is 72.4 cm³/mol. The van der Waals surface area contributed by atoms with Gasteiger partial charge in [-0.2, -0.15) is 0 Å². The molecule has 0 amide bonds. The van der Waals surface area contributed by atoms with Crippen molar-refractivity contribution in [2.24, 2.45) is 0 Å². The molecule has 0 spiro atoms. The number of hydrogen-bond donors (Lipinski definition) is 2. The molecule has 2 N–H and O–H groups in total. The van der Waals surface area contributed by atoms with Crippen molar-refractivity contribution in [1.29, 1.82) is 0 Å². The lowest BCUT2D eigenvalue weighted by Crippen LogP contribution is -2.00. The molecule has 0 radical (unpaired) electrons. The summed E-state index contributed by atoms with van der Waals surface area (Å²) >= 11 is 0. The van der Waals surface area contributed by atoms with E-state index in [1.807, 2.05) is 6.92 Å². The van der Waals surface area contributed by atoms with Crippen LogP contribution in [0.4, 0.5) is 0 Å². The number of aliphatic hydroxyl groups excluding tert-OH is 1. The Kier molecular flexibility index (Phi) is 2.99. The molecule has 2 aromatic rings. The fraction of sp³-hybridized carbons (Fsp3) is 0.267.